The summed E-state index contributed by atoms with van der Waals surface area (Å²) in [6.45, 7) is 2.89. The largest absolute Gasteiger partial charge is 0.493 e. The summed E-state index contributed by atoms with van der Waals surface area (Å²) in [6.07, 6.45) is 1.07. The van der Waals surface area contributed by atoms with Crippen molar-refractivity contribution < 1.29 is 32.3 Å². The van der Waals surface area contributed by atoms with Gasteiger partial charge in [-0.2, -0.15) is 0 Å². The highest BCUT2D eigenvalue weighted by Crippen LogP contribution is 2.43. The third-order valence-electron chi connectivity index (χ3n) is 6.49. The molecule has 9 nitrogen and oxygen atoms in total. The van der Waals surface area contributed by atoms with Crippen molar-refractivity contribution in [3.8, 4) is 11.5 Å². The summed E-state index contributed by atoms with van der Waals surface area (Å²) in [5.41, 5.74) is 0.959. The summed E-state index contributed by atoms with van der Waals surface area (Å²) in [5, 5.41) is 2.58. The van der Waals surface area contributed by atoms with Gasteiger partial charge in [0, 0.05) is 13.2 Å². The van der Waals surface area contributed by atoms with Gasteiger partial charge in [-0.1, -0.05) is 42.5 Å². The number of nitrogens with zero attached hydrogens (tertiary/aromatic N) is 1. The van der Waals surface area contributed by atoms with E-state index in [1.807, 2.05) is 0 Å². The second-order valence-electron chi connectivity index (χ2n) is 8.87. The summed E-state index contributed by atoms with van der Waals surface area (Å²) in [4.78, 5) is 39.8. The van der Waals surface area contributed by atoms with Crippen LogP contribution in [0.5, 0.6) is 11.5 Å². The van der Waals surface area contributed by atoms with Crippen LogP contribution in [0.15, 0.2) is 66.7 Å². The third-order valence-corrected chi connectivity index (χ3v) is 8.36. The van der Waals surface area contributed by atoms with Gasteiger partial charge < -0.3 is 14.8 Å². The highest BCUT2D eigenvalue weighted by molar-refractivity contribution is 7.91. The van der Waals surface area contributed by atoms with E-state index < -0.39 is 38.9 Å². The van der Waals surface area contributed by atoms with E-state index in [0.717, 1.165) is 11.2 Å². The van der Waals surface area contributed by atoms with Crippen LogP contribution >= 0.6 is 0 Å². The Labute approximate surface area is 221 Å². The van der Waals surface area contributed by atoms with Crippen LogP contribution in [0.2, 0.25) is 0 Å². The topological polar surface area (TPSA) is 119 Å². The van der Waals surface area contributed by atoms with Gasteiger partial charge in [0.25, 0.3) is 11.8 Å². The summed E-state index contributed by atoms with van der Waals surface area (Å²) in [6, 6.07) is 17.7. The average Bonchev–Trinajstić information content (AvgIpc) is 3.12. The number of carbonyl (C=O) groups excluding carboxylic acids is 3. The molecule has 1 heterocycles. The highest BCUT2D eigenvalue weighted by Gasteiger charge is 2.50. The van der Waals surface area contributed by atoms with Crippen molar-refractivity contribution >= 4 is 33.2 Å². The molecule has 3 aromatic rings. The molecule has 3 aromatic carbocycles. The molecule has 3 amide bonds. The molecule has 4 rings (SSSR count). The highest BCUT2D eigenvalue weighted by atomic mass is 32.2. The Kier molecular flexibility index (Phi) is 7.28. The van der Waals surface area contributed by atoms with Crippen molar-refractivity contribution in [2.45, 2.75) is 18.6 Å². The lowest BCUT2D eigenvalue weighted by Gasteiger charge is -2.36. The molecule has 1 aliphatic rings. The second-order valence-corrected chi connectivity index (χ2v) is 11.1. The fourth-order valence-electron chi connectivity index (χ4n) is 4.79. The van der Waals surface area contributed by atoms with Gasteiger partial charge in [0.1, 0.15) is 4.75 Å². The zero-order valence-corrected chi connectivity index (χ0v) is 22.3. The lowest BCUT2D eigenvalue weighted by atomic mass is 9.89. The normalized spacial score (nSPS) is 14.6. The average molecular weight is 537 g/mol. The SMILES string of the molecule is CCOc1cc([C@](CN2C(=O)c3cccc(NC(C)=O)c3C2=O)(c2ccccc2)S(C)(=O)=O)ccc1OC. The smallest absolute Gasteiger partial charge is 0.263 e. The number of anilines is 1. The first kappa shape index (κ1) is 26.9. The Morgan fingerprint density at radius 1 is 0.947 bits per heavy atom. The van der Waals surface area contributed by atoms with Gasteiger partial charge in [-0.05, 0) is 42.3 Å². The molecular weight excluding hydrogens is 508 g/mol. The number of ether oxygens (including phenoxy) is 2. The monoisotopic (exact) mass is 536 g/mol. The molecule has 1 atom stereocenters. The second kappa shape index (κ2) is 10.3. The minimum absolute atomic E-state index is 0.0212. The molecule has 0 radical (unpaired) electrons. The van der Waals surface area contributed by atoms with Crippen molar-refractivity contribution in [1.82, 2.24) is 4.90 Å². The molecule has 38 heavy (non-hydrogen) atoms. The van der Waals surface area contributed by atoms with Crippen LogP contribution < -0.4 is 14.8 Å². The van der Waals surface area contributed by atoms with Crippen molar-refractivity contribution in [3.05, 3.63) is 89.0 Å². The molecule has 1 aliphatic heterocycles. The van der Waals surface area contributed by atoms with Crippen LogP contribution in [0, 0.1) is 0 Å². The van der Waals surface area contributed by atoms with E-state index in [-0.39, 0.29) is 16.8 Å². The van der Waals surface area contributed by atoms with E-state index in [2.05, 4.69) is 5.32 Å². The molecular formula is C28H28N2O7S. The minimum atomic E-state index is -4.05. The number of nitrogens with one attached hydrogen (secondary N) is 1. The standard InChI is InChI=1S/C28H28N2O7S/c1-5-37-24-16-20(14-15-23(24)36-3)28(38(4,34)35,19-10-7-6-8-11-19)17-30-26(32)21-12-9-13-22(29-18(2)31)25(21)27(30)33/h6-16H,5,17H2,1-4H3,(H,29,31)/t28-/m0/s1. The van der Waals surface area contributed by atoms with Crippen molar-refractivity contribution in [3.63, 3.8) is 0 Å². The molecule has 0 fully saturated rings. The molecule has 0 saturated carbocycles. The van der Waals surface area contributed by atoms with Gasteiger partial charge in [-0.25, -0.2) is 8.42 Å². The van der Waals surface area contributed by atoms with Crippen LogP contribution in [0.1, 0.15) is 45.7 Å². The lowest BCUT2D eigenvalue weighted by molar-refractivity contribution is -0.114. The Balaban J connectivity index is 1.94. The van der Waals surface area contributed by atoms with Crippen LogP contribution in [0.25, 0.3) is 0 Å². The van der Waals surface area contributed by atoms with Gasteiger partial charge in [-0.15, -0.1) is 0 Å². The Morgan fingerprint density at radius 3 is 2.26 bits per heavy atom. The van der Waals surface area contributed by atoms with E-state index >= 15 is 0 Å². The van der Waals surface area contributed by atoms with Crippen LogP contribution in [-0.2, 0) is 19.4 Å². The summed E-state index contributed by atoms with van der Waals surface area (Å²) in [7, 11) is -2.57. The molecule has 10 heteroatoms. The molecule has 0 aliphatic carbocycles. The molecule has 0 bridgehead atoms. The van der Waals surface area contributed by atoms with E-state index in [1.54, 1.807) is 61.5 Å². The molecule has 0 spiro atoms. The van der Waals surface area contributed by atoms with Gasteiger partial charge in [0.15, 0.2) is 21.3 Å². The van der Waals surface area contributed by atoms with Gasteiger partial charge >= 0.3 is 0 Å². The first-order chi connectivity index (χ1) is 18.0. The number of fused-ring (bicyclic) bond motifs is 1. The van der Waals surface area contributed by atoms with E-state index in [9.17, 15) is 22.8 Å². The quantitative estimate of drug-likeness (QED) is 0.415. The fraction of sp³-hybridized carbons (Fsp3) is 0.250. The maximum atomic E-state index is 13.8. The number of imide groups is 1. The van der Waals surface area contributed by atoms with Crippen LogP contribution in [-0.4, -0.2) is 57.6 Å². The van der Waals surface area contributed by atoms with Gasteiger partial charge in [-0.3, -0.25) is 19.3 Å². The first-order valence-electron chi connectivity index (χ1n) is 11.9. The molecule has 0 unspecified atom stereocenters. The maximum Gasteiger partial charge on any atom is 0.263 e. The third kappa shape index (κ3) is 4.51. The van der Waals surface area contributed by atoms with Gasteiger partial charge in [0.05, 0.1) is 37.1 Å². The van der Waals surface area contributed by atoms with Crippen molar-refractivity contribution in [2.75, 3.05) is 31.8 Å². The summed E-state index contributed by atoms with van der Waals surface area (Å²) in [5.74, 6) is -1.02. The number of hydrogen-bond acceptors (Lipinski definition) is 7. The predicted octanol–water partition coefficient (Wildman–Crippen LogP) is 3.64. The van der Waals surface area contributed by atoms with E-state index in [0.29, 0.717) is 29.2 Å². The Hall–Kier alpha value is -4.18. The molecule has 198 valence electrons. The number of carbonyl (C=O) groups is 3. The summed E-state index contributed by atoms with van der Waals surface area (Å²) >= 11 is 0. The Morgan fingerprint density at radius 2 is 1.66 bits per heavy atom. The van der Waals surface area contributed by atoms with Crippen LogP contribution in [0.3, 0.4) is 0 Å². The number of sulfone groups is 1. The number of rotatable bonds is 9. The molecule has 1 N–H and O–H groups in total. The maximum absolute atomic E-state index is 13.8. The number of benzene rings is 3. The fourth-order valence-corrected chi connectivity index (χ4v) is 6.27. The lowest BCUT2D eigenvalue weighted by Crippen LogP contribution is -2.49. The number of methoxy groups -OCH3 is 1. The zero-order valence-electron chi connectivity index (χ0n) is 21.5. The number of hydrogen-bond donors (Lipinski definition) is 1. The summed E-state index contributed by atoms with van der Waals surface area (Å²) < 4.78 is 36.8. The van der Waals surface area contributed by atoms with Gasteiger partial charge in [0.2, 0.25) is 5.91 Å². The zero-order chi connectivity index (χ0) is 27.7. The predicted molar refractivity (Wildman–Crippen MR) is 142 cm³/mol. The minimum Gasteiger partial charge on any atom is -0.493 e. The van der Waals surface area contributed by atoms with Crippen molar-refractivity contribution in [2.24, 2.45) is 0 Å². The molecule has 0 aromatic heterocycles. The Bertz CT molecular complexity index is 1520. The first-order valence-corrected chi connectivity index (χ1v) is 13.8. The van der Waals surface area contributed by atoms with Crippen LogP contribution in [0.4, 0.5) is 5.69 Å². The van der Waals surface area contributed by atoms with Crippen molar-refractivity contribution in [1.29, 1.82) is 0 Å². The van der Waals surface area contributed by atoms with E-state index in [1.165, 1.54) is 26.2 Å². The number of amides is 3. The molecule has 0 saturated heterocycles. The van der Waals surface area contributed by atoms with E-state index in [4.69, 9.17) is 9.47 Å².